The van der Waals surface area contributed by atoms with Crippen LogP contribution in [0.25, 0.3) is 0 Å². The minimum atomic E-state index is -0.878. The van der Waals surface area contributed by atoms with Crippen molar-refractivity contribution < 1.29 is 14.7 Å². The van der Waals surface area contributed by atoms with Crippen LogP contribution in [-0.2, 0) is 15.3 Å². The predicted molar refractivity (Wildman–Crippen MR) is 77.5 cm³/mol. The first-order valence-electron chi connectivity index (χ1n) is 6.31. The van der Waals surface area contributed by atoms with E-state index in [-0.39, 0.29) is 5.91 Å². The molecule has 104 valence electrons. The smallest absolute Gasteiger partial charge is 0.326 e. The molecule has 1 saturated heterocycles. The van der Waals surface area contributed by atoms with Gasteiger partial charge in [0.2, 0.25) is 5.91 Å². The van der Waals surface area contributed by atoms with E-state index in [2.05, 4.69) is 0 Å². The maximum atomic E-state index is 12.1. The summed E-state index contributed by atoms with van der Waals surface area (Å²) in [6, 6.07) is 3.42. The third kappa shape index (κ3) is 3.98. The van der Waals surface area contributed by atoms with Gasteiger partial charge in [-0.2, -0.15) is 0 Å². The predicted octanol–water partition coefficient (Wildman–Crippen LogP) is 2.45. The molecule has 1 N–H and O–H groups in total. The SMILES string of the molecule is O=C(O)[C@H]1CCCCN1C(=O)CSCc1cccs1. The number of thiophene rings is 1. The Labute approximate surface area is 120 Å². The van der Waals surface area contributed by atoms with E-state index >= 15 is 0 Å². The summed E-state index contributed by atoms with van der Waals surface area (Å²) >= 11 is 3.23. The Hall–Kier alpha value is -1.01. The van der Waals surface area contributed by atoms with Gasteiger partial charge in [-0.25, -0.2) is 4.79 Å². The highest BCUT2D eigenvalue weighted by molar-refractivity contribution is 7.99. The van der Waals surface area contributed by atoms with Crippen LogP contribution in [0.4, 0.5) is 0 Å². The van der Waals surface area contributed by atoms with E-state index in [1.54, 1.807) is 23.1 Å². The molecule has 0 unspecified atom stereocenters. The molecule has 19 heavy (non-hydrogen) atoms. The van der Waals surface area contributed by atoms with Crippen molar-refractivity contribution in [3.8, 4) is 0 Å². The van der Waals surface area contributed by atoms with Crippen LogP contribution in [0.2, 0.25) is 0 Å². The number of hydrogen-bond donors (Lipinski definition) is 1. The molecule has 0 radical (unpaired) electrons. The van der Waals surface area contributed by atoms with E-state index in [9.17, 15) is 9.59 Å². The number of thioether (sulfide) groups is 1. The molecule has 0 aliphatic carbocycles. The Balaban J connectivity index is 1.82. The van der Waals surface area contributed by atoms with E-state index in [1.807, 2.05) is 17.5 Å². The number of rotatable bonds is 5. The molecule has 6 heteroatoms. The number of aliphatic carboxylic acids is 1. The van der Waals surface area contributed by atoms with Crippen LogP contribution in [0, 0.1) is 0 Å². The van der Waals surface area contributed by atoms with Crippen molar-refractivity contribution in [1.82, 2.24) is 4.90 Å². The quantitative estimate of drug-likeness (QED) is 0.907. The summed E-state index contributed by atoms with van der Waals surface area (Å²) in [6.07, 6.45) is 2.38. The average molecular weight is 299 g/mol. The van der Waals surface area contributed by atoms with Gasteiger partial charge in [-0.1, -0.05) is 6.07 Å². The molecule has 1 amide bonds. The van der Waals surface area contributed by atoms with E-state index in [4.69, 9.17) is 5.11 Å². The van der Waals surface area contributed by atoms with Crippen molar-refractivity contribution >= 4 is 35.0 Å². The number of nitrogens with zero attached hydrogens (tertiary/aromatic N) is 1. The Morgan fingerprint density at radius 1 is 1.47 bits per heavy atom. The van der Waals surface area contributed by atoms with Crippen molar-refractivity contribution in [3.63, 3.8) is 0 Å². The number of carbonyl (C=O) groups excluding carboxylic acids is 1. The zero-order valence-electron chi connectivity index (χ0n) is 10.6. The van der Waals surface area contributed by atoms with E-state index < -0.39 is 12.0 Å². The van der Waals surface area contributed by atoms with Gasteiger partial charge in [-0.05, 0) is 30.7 Å². The van der Waals surface area contributed by atoms with Gasteiger partial charge >= 0.3 is 5.97 Å². The minimum absolute atomic E-state index is 0.0475. The van der Waals surface area contributed by atoms with Gasteiger partial charge in [0.15, 0.2) is 0 Å². The van der Waals surface area contributed by atoms with Crippen molar-refractivity contribution in [3.05, 3.63) is 22.4 Å². The summed E-state index contributed by atoms with van der Waals surface area (Å²) < 4.78 is 0. The monoisotopic (exact) mass is 299 g/mol. The molecule has 0 saturated carbocycles. The molecule has 2 heterocycles. The Kier molecular flexibility index (Phi) is 5.27. The molecule has 2 rings (SSSR count). The zero-order chi connectivity index (χ0) is 13.7. The van der Waals surface area contributed by atoms with Crippen LogP contribution in [0.15, 0.2) is 17.5 Å². The topological polar surface area (TPSA) is 57.6 Å². The molecule has 1 fully saturated rings. The Bertz CT molecular complexity index is 433. The normalized spacial score (nSPS) is 19.4. The van der Waals surface area contributed by atoms with Crippen LogP contribution in [-0.4, -0.2) is 40.2 Å². The highest BCUT2D eigenvalue weighted by Crippen LogP contribution is 2.21. The van der Waals surface area contributed by atoms with Crippen LogP contribution < -0.4 is 0 Å². The van der Waals surface area contributed by atoms with Crippen molar-refractivity contribution in [2.75, 3.05) is 12.3 Å². The number of carboxylic acids is 1. The van der Waals surface area contributed by atoms with Gasteiger partial charge in [-0.3, -0.25) is 4.79 Å². The van der Waals surface area contributed by atoms with E-state index in [0.29, 0.717) is 18.7 Å². The van der Waals surface area contributed by atoms with Gasteiger partial charge in [-0.15, -0.1) is 23.1 Å². The third-order valence-electron chi connectivity index (χ3n) is 3.16. The molecule has 1 aliphatic heterocycles. The fourth-order valence-corrected chi connectivity index (χ4v) is 3.95. The molecule has 0 aromatic carbocycles. The molecule has 1 aliphatic rings. The Morgan fingerprint density at radius 3 is 3.00 bits per heavy atom. The summed E-state index contributed by atoms with van der Waals surface area (Å²) in [5.41, 5.74) is 0. The zero-order valence-corrected chi connectivity index (χ0v) is 12.2. The van der Waals surface area contributed by atoms with Gasteiger partial charge in [0.05, 0.1) is 5.75 Å². The first-order valence-corrected chi connectivity index (χ1v) is 8.34. The Morgan fingerprint density at radius 2 is 2.32 bits per heavy atom. The highest BCUT2D eigenvalue weighted by Gasteiger charge is 2.31. The van der Waals surface area contributed by atoms with Gasteiger partial charge in [0.25, 0.3) is 0 Å². The second kappa shape index (κ2) is 6.96. The standard InChI is InChI=1S/C13H17NO3S2/c15-12(9-18-8-10-4-3-7-19-10)14-6-2-1-5-11(14)13(16)17/h3-4,7,11H,1-2,5-6,8-9H2,(H,16,17)/t11-/m1/s1. The van der Waals surface area contributed by atoms with Gasteiger partial charge < -0.3 is 10.0 Å². The molecule has 0 spiro atoms. The van der Waals surface area contributed by atoms with E-state index in [1.165, 1.54) is 9.78 Å². The summed E-state index contributed by atoms with van der Waals surface area (Å²) in [4.78, 5) is 26.0. The number of piperidine rings is 1. The molecule has 1 atom stereocenters. The first-order chi connectivity index (χ1) is 9.18. The molecular formula is C13H17NO3S2. The second-order valence-electron chi connectivity index (χ2n) is 4.51. The lowest BCUT2D eigenvalue weighted by atomic mass is 10.0. The number of likely N-dealkylation sites (tertiary alicyclic amines) is 1. The minimum Gasteiger partial charge on any atom is -0.480 e. The fourth-order valence-electron chi connectivity index (χ4n) is 2.20. The maximum Gasteiger partial charge on any atom is 0.326 e. The van der Waals surface area contributed by atoms with Crippen LogP contribution in [0.3, 0.4) is 0 Å². The average Bonchev–Trinajstić information content (AvgIpc) is 2.91. The van der Waals surface area contributed by atoms with Crippen LogP contribution in [0.5, 0.6) is 0 Å². The number of amides is 1. The molecule has 0 bridgehead atoms. The summed E-state index contributed by atoms with van der Waals surface area (Å²) in [5, 5.41) is 11.2. The highest BCUT2D eigenvalue weighted by atomic mass is 32.2. The van der Waals surface area contributed by atoms with Gasteiger partial charge in [0.1, 0.15) is 6.04 Å². The summed E-state index contributed by atoms with van der Waals surface area (Å²) in [7, 11) is 0. The van der Waals surface area contributed by atoms with Gasteiger partial charge in [0, 0.05) is 17.2 Å². The third-order valence-corrected chi connectivity index (χ3v) is 5.18. The lowest BCUT2D eigenvalue weighted by Gasteiger charge is -2.32. The lowest BCUT2D eigenvalue weighted by molar-refractivity contribution is -0.150. The first kappa shape index (κ1) is 14.4. The van der Waals surface area contributed by atoms with Crippen LogP contribution in [0.1, 0.15) is 24.1 Å². The molecular weight excluding hydrogens is 282 g/mol. The number of carboxylic acid groups (broad SMARTS) is 1. The molecule has 1 aromatic heterocycles. The van der Waals surface area contributed by atoms with E-state index in [0.717, 1.165) is 18.6 Å². The largest absolute Gasteiger partial charge is 0.480 e. The number of carbonyl (C=O) groups is 2. The fraction of sp³-hybridized carbons (Fsp3) is 0.538. The lowest BCUT2D eigenvalue weighted by Crippen LogP contribution is -2.48. The number of hydrogen-bond acceptors (Lipinski definition) is 4. The molecule has 1 aromatic rings. The van der Waals surface area contributed by atoms with Crippen molar-refractivity contribution in [2.24, 2.45) is 0 Å². The molecule has 4 nitrogen and oxygen atoms in total. The maximum absolute atomic E-state index is 12.1. The summed E-state index contributed by atoms with van der Waals surface area (Å²) in [5.74, 6) is 0.251. The summed E-state index contributed by atoms with van der Waals surface area (Å²) in [6.45, 7) is 0.579. The van der Waals surface area contributed by atoms with Crippen molar-refractivity contribution in [2.45, 2.75) is 31.1 Å². The second-order valence-corrected chi connectivity index (χ2v) is 6.53. The van der Waals surface area contributed by atoms with Crippen molar-refractivity contribution in [1.29, 1.82) is 0 Å². The van der Waals surface area contributed by atoms with Crippen LogP contribution >= 0.6 is 23.1 Å².